The smallest absolute Gasteiger partial charge is 0.311 e. The summed E-state index contributed by atoms with van der Waals surface area (Å²) in [6.45, 7) is 2.24. The first kappa shape index (κ1) is 27.1. The number of carbonyl (C=O) groups is 1. The molecule has 4 heteroatoms. The van der Waals surface area contributed by atoms with Crippen LogP contribution in [0.1, 0.15) is 84.0 Å². The Balaban J connectivity index is 0.00000480. The van der Waals surface area contributed by atoms with Crippen molar-refractivity contribution >= 4 is 34.2 Å². The lowest BCUT2D eigenvalue weighted by Crippen LogP contribution is -2.08. The Morgan fingerprint density at radius 3 is 2.32 bits per heavy atom. The predicted octanol–water partition coefficient (Wildman–Crippen LogP) is 7.57. The summed E-state index contributed by atoms with van der Waals surface area (Å²) in [4.78, 5) is 16.4. The topological polar surface area (TPSA) is 39.2 Å². The van der Waals surface area contributed by atoms with Crippen molar-refractivity contribution in [1.82, 2.24) is 4.98 Å². The first-order chi connectivity index (χ1) is 14.8. The fraction of sp³-hybridized carbons (Fsp3) is 0.481. The number of para-hydroxylation sites is 1. The average molecular weight is 435 g/mol. The SMILES string of the molecule is CCCCC/C=C\C/C=C\CCCCCCCC(=O)Oc1cccc2cccnc12.[Al]. The predicted molar refractivity (Wildman–Crippen MR) is 132 cm³/mol. The zero-order valence-corrected chi connectivity index (χ0v) is 20.3. The molecule has 0 amide bonds. The van der Waals surface area contributed by atoms with Gasteiger partial charge in [0.25, 0.3) is 0 Å². The van der Waals surface area contributed by atoms with Crippen molar-refractivity contribution < 1.29 is 9.53 Å². The molecule has 0 unspecified atom stereocenters. The van der Waals surface area contributed by atoms with Gasteiger partial charge in [0.1, 0.15) is 5.52 Å². The van der Waals surface area contributed by atoms with Crippen molar-refractivity contribution in [2.24, 2.45) is 0 Å². The molecule has 2 aromatic rings. The van der Waals surface area contributed by atoms with Gasteiger partial charge in [-0.15, -0.1) is 0 Å². The molecule has 1 aromatic heterocycles. The van der Waals surface area contributed by atoms with Crippen LogP contribution in [-0.4, -0.2) is 28.3 Å². The molecule has 0 saturated heterocycles. The lowest BCUT2D eigenvalue weighted by atomic mass is 10.1. The standard InChI is InChI=1S/C27H37NO2.Al/c1-2-3-4-5-6-7-8-9-10-11-12-13-14-15-16-22-26(29)30-25-21-17-19-24-20-18-23-28-27(24)25;/h6-7,9-10,17-21,23H,2-5,8,11-16,22H2,1H3;/b7-6-,10-9-;. The molecule has 1 aromatic carbocycles. The Morgan fingerprint density at radius 1 is 0.871 bits per heavy atom. The van der Waals surface area contributed by atoms with E-state index in [1.54, 1.807) is 6.20 Å². The molecule has 0 saturated carbocycles. The van der Waals surface area contributed by atoms with E-state index < -0.39 is 0 Å². The molecule has 0 N–H and O–H groups in total. The van der Waals surface area contributed by atoms with Crippen molar-refractivity contribution in [3.8, 4) is 5.75 Å². The first-order valence-corrected chi connectivity index (χ1v) is 11.7. The van der Waals surface area contributed by atoms with Crippen LogP contribution in [0.15, 0.2) is 60.8 Å². The van der Waals surface area contributed by atoms with Gasteiger partial charge in [-0.05, 0) is 50.7 Å². The fourth-order valence-electron chi connectivity index (χ4n) is 3.41. The number of hydrogen-bond acceptors (Lipinski definition) is 3. The van der Waals surface area contributed by atoms with Gasteiger partial charge in [0.2, 0.25) is 0 Å². The van der Waals surface area contributed by atoms with E-state index in [0.717, 1.165) is 36.6 Å². The van der Waals surface area contributed by atoms with Gasteiger partial charge in [-0.1, -0.05) is 81.5 Å². The van der Waals surface area contributed by atoms with E-state index in [9.17, 15) is 4.79 Å². The van der Waals surface area contributed by atoms with Crippen LogP contribution >= 0.6 is 0 Å². The molecule has 0 atom stereocenters. The zero-order valence-electron chi connectivity index (χ0n) is 19.1. The molecular weight excluding hydrogens is 397 g/mol. The zero-order chi connectivity index (χ0) is 21.3. The van der Waals surface area contributed by atoms with E-state index in [1.165, 1.54) is 44.9 Å². The van der Waals surface area contributed by atoms with Crippen LogP contribution in [0, 0.1) is 0 Å². The second kappa shape index (κ2) is 17.8. The highest BCUT2D eigenvalue weighted by atomic mass is 27.0. The van der Waals surface area contributed by atoms with Crippen LogP contribution < -0.4 is 4.74 Å². The van der Waals surface area contributed by atoms with Gasteiger partial charge in [0, 0.05) is 35.4 Å². The van der Waals surface area contributed by atoms with Crippen LogP contribution in [0.4, 0.5) is 0 Å². The van der Waals surface area contributed by atoms with Crippen molar-refractivity contribution in [3.05, 3.63) is 60.8 Å². The Hall–Kier alpha value is -1.89. The third-order valence-corrected chi connectivity index (χ3v) is 5.15. The molecule has 0 fully saturated rings. The van der Waals surface area contributed by atoms with Gasteiger partial charge in [0.05, 0.1) is 0 Å². The minimum atomic E-state index is -0.168. The van der Waals surface area contributed by atoms with Crippen molar-refractivity contribution in [1.29, 1.82) is 0 Å². The Bertz CT molecular complexity index is 795. The second-order valence-electron chi connectivity index (χ2n) is 7.79. The highest BCUT2D eigenvalue weighted by Crippen LogP contribution is 2.23. The summed E-state index contributed by atoms with van der Waals surface area (Å²) in [5.74, 6) is 0.388. The van der Waals surface area contributed by atoms with E-state index in [4.69, 9.17) is 4.74 Å². The number of esters is 1. The first-order valence-electron chi connectivity index (χ1n) is 11.7. The van der Waals surface area contributed by atoms with Crippen LogP contribution in [0.5, 0.6) is 5.75 Å². The van der Waals surface area contributed by atoms with E-state index in [2.05, 4.69) is 36.2 Å². The third kappa shape index (κ3) is 11.9. The lowest BCUT2D eigenvalue weighted by Gasteiger charge is -2.07. The maximum absolute atomic E-state index is 12.1. The second-order valence-corrected chi connectivity index (χ2v) is 7.79. The number of allylic oxidation sites excluding steroid dienone is 4. The molecule has 3 radical (unpaired) electrons. The highest BCUT2D eigenvalue weighted by molar-refractivity contribution is 5.86. The molecule has 0 aliphatic rings. The van der Waals surface area contributed by atoms with Crippen LogP contribution in [0.2, 0.25) is 0 Å². The summed E-state index contributed by atoms with van der Waals surface area (Å²) in [5.41, 5.74) is 0.744. The van der Waals surface area contributed by atoms with Gasteiger partial charge in [-0.25, -0.2) is 0 Å². The van der Waals surface area contributed by atoms with E-state index >= 15 is 0 Å². The van der Waals surface area contributed by atoms with Gasteiger partial charge < -0.3 is 4.74 Å². The van der Waals surface area contributed by atoms with Crippen molar-refractivity contribution in [3.63, 3.8) is 0 Å². The van der Waals surface area contributed by atoms with Crippen LogP contribution in [0.3, 0.4) is 0 Å². The molecule has 3 nitrogen and oxygen atoms in total. The average Bonchev–Trinajstić information content (AvgIpc) is 2.76. The number of fused-ring (bicyclic) bond motifs is 1. The highest BCUT2D eigenvalue weighted by Gasteiger charge is 2.08. The fourth-order valence-corrected chi connectivity index (χ4v) is 3.41. The Labute approximate surface area is 199 Å². The molecule has 165 valence electrons. The van der Waals surface area contributed by atoms with Gasteiger partial charge in [0.15, 0.2) is 5.75 Å². The summed E-state index contributed by atoms with van der Waals surface area (Å²) in [6, 6.07) is 9.53. The Morgan fingerprint density at radius 2 is 1.55 bits per heavy atom. The summed E-state index contributed by atoms with van der Waals surface area (Å²) < 4.78 is 5.53. The van der Waals surface area contributed by atoms with Gasteiger partial charge in [-0.3, -0.25) is 9.78 Å². The number of hydrogen-bond donors (Lipinski definition) is 0. The molecule has 0 spiro atoms. The van der Waals surface area contributed by atoms with Crippen molar-refractivity contribution in [2.75, 3.05) is 0 Å². The van der Waals surface area contributed by atoms with Crippen molar-refractivity contribution in [2.45, 2.75) is 84.0 Å². The number of rotatable bonds is 15. The van der Waals surface area contributed by atoms with E-state index in [0.29, 0.717) is 12.2 Å². The minimum Gasteiger partial charge on any atom is -0.424 e. The normalized spacial score (nSPS) is 11.3. The summed E-state index contributed by atoms with van der Waals surface area (Å²) in [7, 11) is 0. The molecule has 0 aliphatic carbocycles. The van der Waals surface area contributed by atoms with Crippen LogP contribution in [0.25, 0.3) is 10.9 Å². The number of aromatic nitrogens is 1. The maximum atomic E-state index is 12.1. The van der Waals surface area contributed by atoms with Crippen LogP contribution in [-0.2, 0) is 4.79 Å². The third-order valence-electron chi connectivity index (χ3n) is 5.15. The van der Waals surface area contributed by atoms with Gasteiger partial charge in [-0.2, -0.15) is 0 Å². The maximum Gasteiger partial charge on any atom is 0.311 e. The van der Waals surface area contributed by atoms with E-state index in [-0.39, 0.29) is 23.3 Å². The number of benzene rings is 1. The molecule has 1 heterocycles. The summed E-state index contributed by atoms with van der Waals surface area (Å²) in [6.07, 6.45) is 24.3. The molecule has 0 bridgehead atoms. The van der Waals surface area contributed by atoms with Gasteiger partial charge >= 0.3 is 5.97 Å². The summed E-state index contributed by atoms with van der Waals surface area (Å²) >= 11 is 0. The number of unbranched alkanes of at least 4 members (excludes halogenated alkanes) is 8. The number of nitrogens with zero attached hydrogens (tertiary/aromatic N) is 1. The number of ether oxygens (including phenoxy) is 1. The lowest BCUT2D eigenvalue weighted by molar-refractivity contribution is -0.134. The number of pyridine rings is 1. The van der Waals surface area contributed by atoms with E-state index in [1.807, 2.05) is 30.3 Å². The minimum absolute atomic E-state index is 0. The molecule has 0 aliphatic heterocycles. The summed E-state index contributed by atoms with van der Waals surface area (Å²) in [5, 5.41) is 0.986. The molecule has 31 heavy (non-hydrogen) atoms. The monoisotopic (exact) mass is 434 g/mol. The largest absolute Gasteiger partial charge is 0.424 e. The Kier molecular flexibility index (Phi) is 15.6. The molecular formula is C27H37AlNO2. The quantitative estimate of drug-likeness (QED) is 0.0954. The molecule has 2 rings (SSSR count). The number of carbonyl (C=O) groups excluding carboxylic acids is 1.